The van der Waals surface area contributed by atoms with Gasteiger partial charge in [0.05, 0.1) is 0 Å². The summed E-state index contributed by atoms with van der Waals surface area (Å²) in [5.74, 6) is 0. The van der Waals surface area contributed by atoms with Crippen molar-refractivity contribution in [2.45, 2.75) is 6.92 Å². The number of carbonyl (C=O) groups is 1. The normalized spacial score (nSPS) is 9.36. The molecule has 0 saturated heterocycles. The molecule has 0 aliphatic heterocycles. The quantitative estimate of drug-likeness (QED) is 0.599. The van der Waals surface area contributed by atoms with E-state index in [0.717, 1.165) is 5.65 Å². The van der Waals surface area contributed by atoms with Gasteiger partial charge in [-0.15, -0.1) is 0 Å². The van der Waals surface area contributed by atoms with Crippen molar-refractivity contribution in [3.8, 4) is 0 Å². The maximum Gasteiger partial charge on any atom is 0.218 e. The molecule has 5 heteroatoms. The van der Waals surface area contributed by atoms with Gasteiger partial charge in [0.2, 0.25) is 5.24 Å². The Labute approximate surface area is 100 Å². The maximum atomic E-state index is 9.21. The SMILES string of the molecule is CC(=O)Cl.Ic1ccnc2[nH]ccc12. The van der Waals surface area contributed by atoms with E-state index in [-0.39, 0.29) is 5.24 Å². The molecule has 0 saturated carbocycles. The summed E-state index contributed by atoms with van der Waals surface area (Å²) in [5.41, 5.74) is 0.965. The second-order valence-corrected chi connectivity index (χ2v) is 4.20. The number of fused-ring (bicyclic) bond motifs is 1. The van der Waals surface area contributed by atoms with Crippen LogP contribution in [0, 0.1) is 3.57 Å². The maximum absolute atomic E-state index is 9.21. The van der Waals surface area contributed by atoms with Crippen LogP contribution in [-0.2, 0) is 4.79 Å². The van der Waals surface area contributed by atoms with E-state index in [1.165, 1.54) is 15.9 Å². The molecule has 2 aromatic heterocycles. The Kier molecular flexibility index (Phi) is 4.34. The number of nitrogens with one attached hydrogen (secondary N) is 1. The molecular formula is C9H8ClIN2O. The molecule has 74 valence electrons. The van der Waals surface area contributed by atoms with Crippen LogP contribution in [0.1, 0.15) is 6.92 Å². The van der Waals surface area contributed by atoms with Crippen LogP contribution in [-0.4, -0.2) is 15.2 Å². The summed E-state index contributed by atoms with van der Waals surface area (Å²) < 4.78 is 1.24. The van der Waals surface area contributed by atoms with E-state index in [0.29, 0.717) is 0 Å². The summed E-state index contributed by atoms with van der Waals surface area (Å²) in [7, 11) is 0. The minimum absolute atomic E-state index is 0.361. The van der Waals surface area contributed by atoms with Crippen molar-refractivity contribution >= 4 is 50.5 Å². The summed E-state index contributed by atoms with van der Waals surface area (Å²) in [6.45, 7) is 1.29. The van der Waals surface area contributed by atoms with Gasteiger partial charge in [0, 0.05) is 28.3 Å². The van der Waals surface area contributed by atoms with E-state index in [9.17, 15) is 4.79 Å². The molecule has 3 nitrogen and oxygen atoms in total. The van der Waals surface area contributed by atoms with E-state index in [2.05, 4.69) is 44.2 Å². The van der Waals surface area contributed by atoms with Crippen molar-refractivity contribution in [1.29, 1.82) is 0 Å². The van der Waals surface area contributed by atoms with Crippen LogP contribution in [0.15, 0.2) is 24.5 Å². The largest absolute Gasteiger partial charge is 0.346 e. The van der Waals surface area contributed by atoms with Crippen LogP contribution in [0.4, 0.5) is 0 Å². The van der Waals surface area contributed by atoms with Crippen LogP contribution in [0.25, 0.3) is 11.0 Å². The Bertz CT molecular complexity index is 437. The summed E-state index contributed by atoms with van der Waals surface area (Å²) in [5, 5.41) is 0.836. The lowest BCUT2D eigenvalue weighted by atomic mass is 10.3. The Morgan fingerprint density at radius 3 is 2.79 bits per heavy atom. The molecule has 0 amide bonds. The predicted molar refractivity (Wildman–Crippen MR) is 65.3 cm³/mol. The average Bonchev–Trinajstić information content (AvgIpc) is 2.52. The third-order valence-electron chi connectivity index (χ3n) is 1.41. The molecule has 1 N–H and O–H groups in total. The first kappa shape index (κ1) is 11.5. The topological polar surface area (TPSA) is 45.8 Å². The number of hydrogen-bond donors (Lipinski definition) is 1. The highest BCUT2D eigenvalue weighted by Gasteiger charge is 1.96. The number of aromatic nitrogens is 2. The Morgan fingerprint density at radius 2 is 2.21 bits per heavy atom. The average molecular weight is 323 g/mol. The fourth-order valence-electron chi connectivity index (χ4n) is 0.927. The van der Waals surface area contributed by atoms with Crippen molar-refractivity contribution in [2.24, 2.45) is 0 Å². The third-order valence-corrected chi connectivity index (χ3v) is 2.35. The smallest absolute Gasteiger partial charge is 0.218 e. The van der Waals surface area contributed by atoms with Crippen molar-refractivity contribution in [1.82, 2.24) is 9.97 Å². The summed E-state index contributed by atoms with van der Waals surface area (Å²) in [6.07, 6.45) is 3.71. The highest BCUT2D eigenvalue weighted by Crippen LogP contribution is 2.15. The molecule has 0 atom stereocenters. The van der Waals surface area contributed by atoms with E-state index in [1.807, 2.05) is 18.3 Å². The number of carbonyl (C=O) groups excluding carboxylic acids is 1. The lowest BCUT2D eigenvalue weighted by molar-refractivity contribution is -0.109. The number of nitrogens with zero attached hydrogens (tertiary/aromatic N) is 1. The van der Waals surface area contributed by atoms with Gasteiger partial charge in [-0.2, -0.15) is 0 Å². The monoisotopic (exact) mass is 322 g/mol. The number of aromatic amines is 1. The fraction of sp³-hybridized carbons (Fsp3) is 0.111. The van der Waals surface area contributed by atoms with Gasteiger partial charge in [0.25, 0.3) is 0 Å². The van der Waals surface area contributed by atoms with Crippen molar-refractivity contribution in [2.75, 3.05) is 0 Å². The standard InChI is InChI=1S/C7H5IN2.C2H3ClO/c8-6-2-4-10-7-5(6)1-3-9-7;1-2(3)4/h1-4H,(H,9,10);1H3. The third kappa shape index (κ3) is 3.26. The number of pyridine rings is 1. The lowest BCUT2D eigenvalue weighted by Gasteiger charge is -1.89. The predicted octanol–water partition coefficient (Wildman–Crippen LogP) is 2.94. The van der Waals surface area contributed by atoms with Gasteiger partial charge in [-0.1, -0.05) is 0 Å². The van der Waals surface area contributed by atoms with Gasteiger partial charge in [0.15, 0.2) is 0 Å². The zero-order valence-electron chi connectivity index (χ0n) is 7.42. The van der Waals surface area contributed by atoms with E-state index >= 15 is 0 Å². The first-order valence-corrected chi connectivity index (χ1v) is 5.30. The van der Waals surface area contributed by atoms with Crippen LogP contribution >= 0.6 is 34.2 Å². The first-order valence-electron chi connectivity index (χ1n) is 3.85. The van der Waals surface area contributed by atoms with Gasteiger partial charge < -0.3 is 4.98 Å². The number of hydrogen-bond acceptors (Lipinski definition) is 2. The molecule has 0 radical (unpaired) electrons. The summed E-state index contributed by atoms with van der Waals surface area (Å²) in [4.78, 5) is 16.4. The molecule has 0 bridgehead atoms. The van der Waals surface area contributed by atoms with E-state index < -0.39 is 0 Å². The van der Waals surface area contributed by atoms with Crippen LogP contribution in [0.2, 0.25) is 0 Å². The number of H-pyrrole nitrogens is 1. The summed E-state index contributed by atoms with van der Waals surface area (Å²) >= 11 is 6.93. The van der Waals surface area contributed by atoms with Crippen LogP contribution in [0.3, 0.4) is 0 Å². The number of rotatable bonds is 0. The second kappa shape index (κ2) is 5.31. The van der Waals surface area contributed by atoms with E-state index in [1.54, 1.807) is 6.20 Å². The molecule has 2 heterocycles. The Balaban J connectivity index is 0.000000213. The van der Waals surface area contributed by atoms with Gasteiger partial charge in [-0.25, -0.2) is 4.98 Å². The summed E-state index contributed by atoms with van der Waals surface area (Å²) in [6, 6.07) is 4.03. The van der Waals surface area contributed by atoms with Crippen molar-refractivity contribution in [3.05, 3.63) is 28.1 Å². The molecule has 2 rings (SSSR count). The second-order valence-electron chi connectivity index (χ2n) is 2.50. The highest BCUT2D eigenvalue weighted by molar-refractivity contribution is 14.1. The van der Waals surface area contributed by atoms with Crippen LogP contribution in [0.5, 0.6) is 0 Å². The van der Waals surface area contributed by atoms with Crippen molar-refractivity contribution in [3.63, 3.8) is 0 Å². The molecule has 0 spiro atoms. The fourth-order valence-corrected chi connectivity index (χ4v) is 1.52. The first-order chi connectivity index (χ1) is 6.61. The molecule has 0 fully saturated rings. The highest BCUT2D eigenvalue weighted by atomic mass is 127. The Morgan fingerprint density at radius 1 is 1.57 bits per heavy atom. The minimum atomic E-state index is -0.361. The molecule has 2 aromatic rings. The zero-order valence-corrected chi connectivity index (χ0v) is 10.3. The van der Waals surface area contributed by atoms with Gasteiger partial charge >= 0.3 is 0 Å². The van der Waals surface area contributed by atoms with Crippen LogP contribution < -0.4 is 0 Å². The zero-order chi connectivity index (χ0) is 10.6. The Hall–Kier alpha value is -0.620. The number of halogens is 2. The van der Waals surface area contributed by atoms with Gasteiger partial charge in [-0.3, -0.25) is 4.79 Å². The molecule has 0 aromatic carbocycles. The molecule has 0 aliphatic rings. The lowest BCUT2D eigenvalue weighted by Crippen LogP contribution is -1.76. The van der Waals surface area contributed by atoms with Gasteiger partial charge in [0.1, 0.15) is 5.65 Å². The minimum Gasteiger partial charge on any atom is -0.346 e. The van der Waals surface area contributed by atoms with E-state index in [4.69, 9.17) is 0 Å². The molecule has 0 unspecified atom stereocenters. The molecule has 0 aliphatic carbocycles. The molecule has 14 heavy (non-hydrogen) atoms. The molecular weight excluding hydrogens is 314 g/mol. The van der Waals surface area contributed by atoms with Crippen molar-refractivity contribution < 1.29 is 4.79 Å². The van der Waals surface area contributed by atoms with Gasteiger partial charge in [-0.05, 0) is 46.3 Å².